The molecule has 0 aromatic carbocycles. The van der Waals surface area contributed by atoms with Gasteiger partial charge in [-0.05, 0) is 12.8 Å². The summed E-state index contributed by atoms with van der Waals surface area (Å²) in [5.41, 5.74) is 11.2. The average Bonchev–Trinajstić information content (AvgIpc) is 3.14. The van der Waals surface area contributed by atoms with Crippen molar-refractivity contribution in [2.75, 3.05) is 5.73 Å². The van der Waals surface area contributed by atoms with Crippen LogP contribution in [0, 0.1) is 0 Å². The number of pyridine rings is 1. The molecule has 8 heteroatoms. The molecule has 1 aliphatic carbocycles. The van der Waals surface area contributed by atoms with E-state index in [1.165, 1.54) is 12.4 Å². The summed E-state index contributed by atoms with van der Waals surface area (Å²) in [5, 5.41) is 0. The molecule has 0 saturated heterocycles. The molecule has 0 atom stereocenters. The molecule has 20 heavy (non-hydrogen) atoms. The lowest BCUT2D eigenvalue weighted by Gasteiger charge is -2.13. The van der Waals surface area contributed by atoms with Crippen LogP contribution in [0.3, 0.4) is 0 Å². The molecule has 1 aliphatic rings. The highest BCUT2D eigenvalue weighted by atomic mass is 19.4. The highest BCUT2D eigenvalue weighted by Crippen LogP contribution is 2.31. The van der Waals surface area contributed by atoms with E-state index in [2.05, 4.69) is 14.7 Å². The Morgan fingerprint density at radius 2 is 2.15 bits per heavy atom. The monoisotopic (exact) mass is 286 g/mol. The van der Waals surface area contributed by atoms with Crippen molar-refractivity contribution in [3.05, 3.63) is 24.0 Å². The third kappa shape index (κ3) is 3.87. The van der Waals surface area contributed by atoms with Gasteiger partial charge in [-0.15, -0.1) is 13.2 Å². The van der Waals surface area contributed by atoms with Crippen LogP contribution in [0.25, 0.3) is 5.57 Å². The second kappa shape index (κ2) is 5.40. The Balaban J connectivity index is 2.33. The zero-order valence-corrected chi connectivity index (χ0v) is 10.4. The topological polar surface area (TPSA) is 86.5 Å². The van der Waals surface area contributed by atoms with Gasteiger partial charge in [0.25, 0.3) is 0 Å². The van der Waals surface area contributed by atoms with Gasteiger partial charge in [-0.2, -0.15) is 0 Å². The number of anilines is 1. The van der Waals surface area contributed by atoms with Crippen molar-refractivity contribution in [3.8, 4) is 5.75 Å². The maximum Gasteiger partial charge on any atom is 0.573 e. The van der Waals surface area contributed by atoms with E-state index >= 15 is 0 Å². The van der Waals surface area contributed by atoms with Crippen LogP contribution in [0.5, 0.6) is 5.75 Å². The zero-order chi connectivity index (χ0) is 14.8. The predicted molar refractivity (Wildman–Crippen MR) is 69.0 cm³/mol. The molecule has 1 aromatic heterocycles. The number of rotatable bonds is 4. The van der Waals surface area contributed by atoms with E-state index in [0.29, 0.717) is 5.57 Å². The highest BCUT2D eigenvalue weighted by molar-refractivity contribution is 6.10. The van der Waals surface area contributed by atoms with Gasteiger partial charge in [0.05, 0.1) is 6.04 Å². The highest BCUT2D eigenvalue weighted by Gasteiger charge is 2.32. The lowest BCUT2D eigenvalue weighted by molar-refractivity contribution is -0.274. The Morgan fingerprint density at radius 1 is 1.45 bits per heavy atom. The van der Waals surface area contributed by atoms with Crippen LogP contribution < -0.4 is 16.2 Å². The first-order chi connectivity index (χ1) is 9.39. The van der Waals surface area contributed by atoms with Crippen LogP contribution in [0.2, 0.25) is 0 Å². The minimum absolute atomic E-state index is 0.0801. The molecule has 0 radical (unpaired) electrons. The zero-order valence-electron chi connectivity index (χ0n) is 10.4. The summed E-state index contributed by atoms with van der Waals surface area (Å²) in [5.74, 6) is -0.535. The number of hydrogen-bond acceptors (Lipinski definition) is 5. The molecule has 0 aliphatic heterocycles. The molecule has 0 spiro atoms. The second-order valence-electron chi connectivity index (χ2n) is 4.28. The molecular formula is C12H13F3N4O. The van der Waals surface area contributed by atoms with E-state index in [0.717, 1.165) is 25.1 Å². The molecule has 1 fully saturated rings. The molecule has 2 rings (SSSR count). The Morgan fingerprint density at radius 3 is 2.70 bits per heavy atom. The van der Waals surface area contributed by atoms with Crippen molar-refractivity contribution < 1.29 is 17.9 Å². The molecular weight excluding hydrogens is 273 g/mol. The molecule has 0 amide bonds. The number of nitrogen functional groups attached to an aromatic ring is 1. The average molecular weight is 286 g/mol. The van der Waals surface area contributed by atoms with Crippen molar-refractivity contribution in [2.45, 2.75) is 25.2 Å². The van der Waals surface area contributed by atoms with E-state index in [9.17, 15) is 13.2 Å². The van der Waals surface area contributed by atoms with E-state index in [1.54, 1.807) is 0 Å². The van der Waals surface area contributed by atoms with Crippen LogP contribution >= 0.6 is 0 Å². The third-order valence-electron chi connectivity index (χ3n) is 2.57. The summed E-state index contributed by atoms with van der Waals surface area (Å²) in [6.07, 6.45) is 0.876. The van der Waals surface area contributed by atoms with Gasteiger partial charge in [-0.3, -0.25) is 4.99 Å². The van der Waals surface area contributed by atoms with Gasteiger partial charge in [0.2, 0.25) is 0 Å². The Labute approximate surface area is 113 Å². The quantitative estimate of drug-likeness (QED) is 0.830. The fourth-order valence-corrected chi connectivity index (χ4v) is 1.49. The summed E-state index contributed by atoms with van der Waals surface area (Å²) < 4.78 is 41.1. The van der Waals surface area contributed by atoms with Gasteiger partial charge in [0.15, 0.2) is 0 Å². The van der Waals surface area contributed by atoms with Crippen LogP contribution in [0.4, 0.5) is 19.0 Å². The number of allylic oxidation sites excluding steroid dienone is 1. The minimum Gasteiger partial charge on any atom is -0.405 e. The fourth-order valence-electron chi connectivity index (χ4n) is 1.49. The van der Waals surface area contributed by atoms with Crippen molar-refractivity contribution in [2.24, 2.45) is 10.7 Å². The molecule has 4 N–H and O–H groups in total. The number of alkyl halides is 3. The summed E-state index contributed by atoms with van der Waals surface area (Å²) >= 11 is 0. The van der Waals surface area contributed by atoms with Crippen molar-refractivity contribution in [1.82, 2.24) is 4.98 Å². The number of hydrogen-bond donors (Lipinski definition) is 2. The van der Waals surface area contributed by atoms with Gasteiger partial charge < -0.3 is 16.2 Å². The summed E-state index contributed by atoms with van der Waals surface area (Å²) in [6.45, 7) is 0. The maximum atomic E-state index is 12.4. The van der Waals surface area contributed by atoms with Gasteiger partial charge in [-0.25, -0.2) is 4.98 Å². The standard InChI is InChI=1S/C12H13F3N4O/c13-12(14,15)20-10-3-11(17)19-6-9(10)7(4-16)5-18-8-1-2-8/h3-6,8H,1-2,16H2,(H2,17,19)/b7-4+,18-5?. The van der Waals surface area contributed by atoms with Gasteiger partial charge in [-0.1, -0.05) is 0 Å². The number of aromatic nitrogens is 1. The first-order valence-electron chi connectivity index (χ1n) is 5.86. The molecule has 1 saturated carbocycles. The lowest BCUT2D eigenvalue weighted by atomic mass is 10.1. The number of ether oxygens (including phenoxy) is 1. The van der Waals surface area contributed by atoms with Crippen LogP contribution in [-0.2, 0) is 0 Å². The number of nitrogens with zero attached hydrogens (tertiary/aromatic N) is 2. The van der Waals surface area contributed by atoms with Crippen LogP contribution in [0.15, 0.2) is 23.5 Å². The maximum absolute atomic E-state index is 12.4. The molecule has 5 nitrogen and oxygen atoms in total. The largest absolute Gasteiger partial charge is 0.573 e. The number of nitrogens with two attached hydrogens (primary N) is 2. The van der Waals surface area contributed by atoms with Crippen molar-refractivity contribution in [3.63, 3.8) is 0 Å². The minimum atomic E-state index is -4.82. The van der Waals surface area contributed by atoms with Crippen molar-refractivity contribution >= 4 is 17.6 Å². The number of aliphatic imine (C=N–C) groups is 1. The van der Waals surface area contributed by atoms with E-state index in [4.69, 9.17) is 11.5 Å². The first kappa shape index (κ1) is 14.2. The SMILES string of the molecule is N/C=C(\C=NC1CC1)c1cnc(N)cc1OC(F)(F)F. The molecule has 1 heterocycles. The molecule has 1 aromatic rings. The summed E-state index contributed by atoms with van der Waals surface area (Å²) in [6, 6.07) is 1.22. The van der Waals surface area contributed by atoms with Crippen LogP contribution in [0.1, 0.15) is 18.4 Å². The lowest BCUT2D eigenvalue weighted by Crippen LogP contribution is -2.18. The molecule has 0 unspecified atom stereocenters. The van der Waals surface area contributed by atoms with Gasteiger partial charge in [0.1, 0.15) is 11.6 Å². The Hall–Kier alpha value is -2.25. The first-order valence-corrected chi connectivity index (χ1v) is 5.86. The van der Waals surface area contributed by atoms with E-state index in [1.807, 2.05) is 0 Å². The van der Waals surface area contributed by atoms with E-state index in [-0.39, 0.29) is 17.4 Å². The number of halogens is 3. The predicted octanol–water partition coefficient (Wildman–Crippen LogP) is 2.10. The third-order valence-corrected chi connectivity index (χ3v) is 2.57. The molecule has 108 valence electrons. The van der Waals surface area contributed by atoms with Gasteiger partial charge in [0, 0.05) is 35.8 Å². The summed E-state index contributed by atoms with van der Waals surface area (Å²) in [7, 11) is 0. The van der Waals surface area contributed by atoms with Crippen molar-refractivity contribution in [1.29, 1.82) is 0 Å². The summed E-state index contributed by atoms with van der Waals surface area (Å²) in [4.78, 5) is 7.93. The normalized spacial score (nSPS) is 16.6. The second-order valence-corrected chi connectivity index (χ2v) is 4.28. The smallest absolute Gasteiger partial charge is 0.405 e. The van der Waals surface area contributed by atoms with Crippen LogP contribution in [-0.4, -0.2) is 23.6 Å². The Kier molecular flexibility index (Phi) is 3.82. The molecule has 0 bridgehead atoms. The van der Waals surface area contributed by atoms with Gasteiger partial charge >= 0.3 is 6.36 Å². The Bertz CT molecular complexity index is 550. The fraction of sp³-hybridized carbons (Fsp3) is 0.333. The van der Waals surface area contributed by atoms with E-state index < -0.39 is 12.1 Å².